The van der Waals surface area contributed by atoms with E-state index in [2.05, 4.69) is 9.98 Å². The molecule has 1 aliphatic rings. The fraction of sp³-hybridized carbons (Fsp3) is 0.105. The molecule has 2 heterocycles. The summed E-state index contributed by atoms with van der Waals surface area (Å²) in [6.07, 6.45) is 1.75. The highest BCUT2D eigenvalue weighted by Crippen LogP contribution is 2.32. The second-order valence-corrected chi connectivity index (χ2v) is 7.21. The summed E-state index contributed by atoms with van der Waals surface area (Å²) in [7, 11) is 0. The fourth-order valence-electron chi connectivity index (χ4n) is 2.67. The van der Waals surface area contributed by atoms with Gasteiger partial charge in [-0.05, 0) is 55.5 Å². The van der Waals surface area contributed by atoms with Gasteiger partial charge in [0.1, 0.15) is 5.75 Å². The van der Waals surface area contributed by atoms with E-state index in [4.69, 9.17) is 17.0 Å². The number of fused-ring (bicyclic) bond motifs is 1. The molecule has 0 saturated carbocycles. The van der Waals surface area contributed by atoms with Crippen LogP contribution in [0.4, 0.5) is 0 Å². The molecule has 1 aromatic heterocycles. The van der Waals surface area contributed by atoms with Gasteiger partial charge >= 0.3 is 0 Å². The Bertz CT molecular complexity index is 1140. The van der Waals surface area contributed by atoms with Crippen LogP contribution in [0.5, 0.6) is 11.6 Å². The third kappa shape index (κ3) is 3.07. The number of para-hydroxylation sites is 2. The molecule has 0 radical (unpaired) electrons. The predicted octanol–water partition coefficient (Wildman–Crippen LogP) is 3.62. The number of ether oxygens (including phenoxy) is 1. The first-order chi connectivity index (χ1) is 12.7. The summed E-state index contributed by atoms with van der Waals surface area (Å²) in [5, 5.41) is 12.3. The monoisotopic (exact) mass is 381 g/mol. The molecule has 7 heteroatoms. The molecule has 0 aliphatic carbocycles. The van der Waals surface area contributed by atoms with Crippen molar-refractivity contribution in [2.45, 2.75) is 6.92 Å². The maximum atomic E-state index is 10.7. The standard InChI is InChI=1S/C19H15N3O2S2/c1-2-24-13-9-7-12(8-10-13)22-18(23)16(26-19(22)25)11-17-20-14-5-3-4-6-15(14)21-17/h3-11,23H,2H2,1H3. The molecule has 0 unspecified atom stereocenters. The second-order valence-electron chi connectivity index (χ2n) is 5.53. The van der Waals surface area contributed by atoms with Crippen LogP contribution in [0.15, 0.2) is 64.3 Å². The lowest BCUT2D eigenvalue weighted by Crippen LogP contribution is -2.19. The first kappa shape index (κ1) is 16.7. The normalized spacial score (nSPS) is 12.3. The number of hydrogen-bond acceptors (Lipinski definition) is 6. The van der Waals surface area contributed by atoms with Gasteiger partial charge in [0.05, 0.1) is 27.9 Å². The van der Waals surface area contributed by atoms with Gasteiger partial charge in [0.25, 0.3) is 0 Å². The van der Waals surface area contributed by atoms with Crippen molar-refractivity contribution in [1.29, 1.82) is 0 Å². The summed E-state index contributed by atoms with van der Waals surface area (Å²) in [5.74, 6) is 1.41. The van der Waals surface area contributed by atoms with Crippen LogP contribution in [-0.4, -0.2) is 16.3 Å². The molecule has 0 atom stereocenters. The summed E-state index contributed by atoms with van der Waals surface area (Å²) < 4.78 is 7.63. The zero-order valence-electron chi connectivity index (χ0n) is 13.9. The number of aromatic hydroxyl groups is 1. The molecule has 5 nitrogen and oxygen atoms in total. The third-order valence-electron chi connectivity index (χ3n) is 3.83. The Morgan fingerprint density at radius 1 is 1.12 bits per heavy atom. The van der Waals surface area contributed by atoms with E-state index < -0.39 is 0 Å². The van der Waals surface area contributed by atoms with Crippen molar-refractivity contribution >= 4 is 29.6 Å². The zero-order chi connectivity index (χ0) is 18.1. The van der Waals surface area contributed by atoms with Gasteiger partial charge in [-0.1, -0.05) is 12.1 Å². The lowest BCUT2D eigenvalue weighted by molar-refractivity contribution is 0.340. The van der Waals surface area contributed by atoms with Crippen molar-refractivity contribution in [1.82, 2.24) is 4.57 Å². The summed E-state index contributed by atoms with van der Waals surface area (Å²) in [5.41, 5.74) is 0.778. The van der Waals surface area contributed by atoms with Gasteiger partial charge in [0.2, 0.25) is 5.88 Å². The molecule has 0 saturated heterocycles. The summed E-state index contributed by atoms with van der Waals surface area (Å²) >= 11 is 6.75. The van der Waals surface area contributed by atoms with Crippen LogP contribution in [-0.2, 0) is 0 Å². The molecular formula is C19H15N3O2S2. The Morgan fingerprint density at radius 3 is 2.38 bits per heavy atom. The van der Waals surface area contributed by atoms with Crippen molar-refractivity contribution in [3.63, 3.8) is 0 Å². The molecule has 1 aliphatic heterocycles. The minimum absolute atomic E-state index is 0.0815. The third-order valence-corrected chi connectivity index (χ3v) is 5.14. The van der Waals surface area contributed by atoms with E-state index in [0.717, 1.165) is 22.2 Å². The Kier molecular flexibility index (Phi) is 4.40. The summed E-state index contributed by atoms with van der Waals surface area (Å²) in [4.78, 5) is 9.55. The fourth-order valence-corrected chi connectivity index (χ4v) is 3.95. The van der Waals surface area contributed by atoms with Crippen molar-refractivity contribution in [3.8, 4) is 17.3 Å². The maximum absolute atomic E-state index is 10.7. The lowest BCUT2D eigenvalue weighted by Gasteiger charge is -2.07. The molecule has 130 valence electrons. The van der Waals surface area contributed by atoms with Crippen LogP contribution in [0.1, 0.15) is 11.8 Å². The Morgan fingerprint density at radius 2 is 1.77 bits per heavy atom. The predicted molar refractivity (Wildman–Crippen MR) is 104 cm³/mol. The van der Waals surface area contributed by atoms with Crippen LogP contribution < -0.4 is 15.5 Å². The number of aromatic nitrogens is 1. The molecule has 0 bridgehead atoms. The molecule has 3 aromatic rings. The minimum Gasteiger partial charge on any atom is -0.494 e. The minimum atomic E-state index is 0.0815. The van der Waals surface area contributed by atoms with Crippen LogP contribution >= 0.6 is 23.6 Å². The van der Waals surface area contributed by atoms with Crippen LogP contribution in [0.3, 0.4) is 0 Å². The Balaban J connectivity index is 1.73. The van der Waals surface area contributed by atoms with Gasteiger partial charge in [-0.2, -0.15) is 0 Å². The molecule has 0 spiro atoms. The number of hydrogen-bond donors (Lipinski definition) is 1. The number of nitrogens with zero attached hydrogens (tertiary/aromatic N) is 3. The highest BCUT2D eigenvalue weighted by molar-refractivity contribution is 7.73. The molecular weight excluding hydrogens is 366 g/mol. The average molecular weight is 381 g/mol. The summed E-state index contributed by atoms with van der Waals surface area (Å²) in [6, 6.07) is 15.1. The van der Waals surface area contributed by atoms with Crippen molar-refractivity contribution < 1.29 is 9.84 Å². The van der Waals surface area contributed by atoms with E-state index in [1.807, 2.05) is 55.5 Å². The Labute approximate surface area is 158 Å². The molecule has 4 rings (SSSR count). The maximum Gasteiger partial charge on any atom is 0.215 e. The smallest absolute Gasteiger partial charge is 0.215 e. The number of thiazole rings is 1. The van der Waals surface area contributed by atoms with Crippen molar-refractivity contribution in [2.75, 3.05) is 6.61 Å². The van der Waals surface area contributed by atoms with E-state index in [-0.39, 0.29) is 5.88 Å². The van der Waals surface area contributed by atoms with Gasteiger partial charge in [0, 0.05) is 6.08 Å². The van der Waals surface area contributed by atoms with Crippen LogP contribution in [0.2, 0.25) is 0 Å². The van der Waals surface area contributed by atoms with Gasteiger partial charge in [-0.15, -0.1) is 11.3 Å². The van der Waals surface area contributed by atoms with Crippen molar-refractivity contribution in [2.24, 2.45) is 9.98 Å². The van der Waals surface area contributed by atoms with Gasteiger partial charge in [0.15, 0.2) is 9.78 Å². The first-order valence-corrected chi connectivity index (χ1v) is 9.30. The van der Waals surface area contributed by atoms with E-state index in [9.17, 15) is 5.11 Å². The van der Waals surface area contributed by atoms with E-state index in [1.165, 1.54) is 11.3 Å². The van der Waals surface area contributed by atoms with Crippen LogP contribution in [0, 0.1) is 3.95 Å². The lowest BCUT2D eigenvalue weighted by atomic mass is 10.3. The van der Waals surface area contributed by atoms with Gasteiger partial charge in [-0.25, -0.2) is 9.98 Å². The van der Waals surface area contributed by atoms with Crippen molar-refractivity contribution in [3.05, 3.63) is 73.9 Å². The molecule has 0 amide bonds. The van der Waals surface area contributed by atoms with E-state index in [1.54, 1.807) is 10.6 Å². The van der Waals surface area contributed by atoms with Gasteiger partial charge in [-0.3, -0.25) is 4.57 Å². The molecule has 1 N–H and O–H groups in total. The highest BCUT2D eigenvalue weighted by Gasteiger charge is 2.13. The SMILES string of the molecule is CCOc1ccc(-n2c(O)c(C=C3N=c4ccccc4=N3)sc2=S)cc1. The Hall–Kier alpha value is -2.77. The quantitative estimate of drug-likeness (QED) is 0.702. The second kappa shape index (κ2) is 6.86. The summed E-state index contributed by atoms with van der Waals surface area (Å²) in [6.45, 7) is 2.54. The highest BCUT2D eigenvalue weighted by atomic mass is 32.1. The van der Waals surface area contributed by atoms with E-state index >= 15 is 0 Å². The molecule has 26 heavy (non-hydrogen) atoms. The molecule has 2 aromatic carbocycles. The number of benzene rings is 2. The van der Waals surface area contributed by atoms with Gasteiger partial charge < -0.3 is 9.84 Å². The topological polar surface area (TPSA) is 59.1 Å². The van der Waals surface area contributed by atoms with E-state index in [0.29, 0.717) is 21.3 Å². The van der Waals surface area contributed by atoms with Crippen LogP contribution in [0.25, 0.3) is 11.8 Å². The first-order valence-electron chi connectivity index (χ1n) is 8.08. The largest absolute Gasteiger partial charge is 0.494 e. The zero-order valence-corrected chi connectivity index (χ0v) is 15.5. The number of rotatable bonds is 4. The average Bonchev–Trinajstić information content (AvgIpc) is 3.17. The molecule has 0 fully saturated rings.